The Morgan fingerprint density at radius 1 is 1.11 bits per heavy atom. The molecule has 1 aromatic heterocycles. The van der Waals surface area contributed by atoms with Gasteiger partial charge in [0.1, 0.15) is 0 Å². The molecular weight excluding hydrogens is 356 g/mol. The van der Waals surface area contributed by atoms with Crippen LogP contribution in [0.1, 0.15) is 29.6 Å². The molecule has 1 aliphatic rings. The highest BCUT2D eigenvalue weighted by molar-refractivity contribution is 5.97. The lowest BCUT2D eigenvalue weighted by Gasteiger charge is -2.09. The SMILES string of the molecule is O=C(CCn1cnc2ccccc2c1=O)Nc1cccc(C(=O)NC2CC2)c1. The second-order valence-electron chi connectivity index (χ2n) is 6.89. The van der Waals surface area contributed by atoms with Crippen molar-refractivity contribution in [3.63, 3.8) is 0 Å². The maximum Gasteiger partial charge on any atom is 0.261 e. The maximum absolute atomic E-state index is 12.5. The fourth-order valence-corrected chi connectivity index (χ4v) is 2.95. The van der Waals surface area contributed by atoms with Gasteiger partial charge in [-0.1, -0.05) is 18.2 Å². The molecule has 0 atom stereocenters. The molecule has 0 aliphatic heterocycles. The number of benzene rings is 2. The fraction of sp³-hybridized carbons (Fsp3) is 0.238. The summed E-state index contributed by atoms with van der Waals surface area (Å²) in [7, 11) is 0. The number of hydrogen-bond acceptors (Lipinski definition) is 4. The molecule has 4 rings (SSSR count). The number of fused-ring (bicyclic) bond motifs is 1. The molecule has 142 valence electrons. The first-order chi connectivity index (χ1) is 13.6. The highest BCUT2D eigenvalue weighted by Crippen LogP contribution is 2.20. The second-order valence-corrected chi connectivity index (χ2v) is 6.89. The summed E-state index contributed by atoms with van der Waals surface area (Å²) in [6, 6.07) is 14.2. The van der Waals surface area contributed by atoms with Gasteiger partial charge in [0, 0.05) is 30.3 Å². The van der Waals surface area contributed by atoms with E-state index < -0.39 is 0 Å². The Balaban J connectivity index is 1.39. The molecule has 0 saturated heterocycles. The van der Waals surface area contributed by atoms with Crippen LogP contribution in [0.3, 0.4) is 0 Å². The van der Waals surface area contributed by atoms with Crippen molar-refractivity contribution in [1.29, 1.82) is 0 Å². The summed E-state index contributed by atoms with van der Waals surface area (Å²) < 4.78 is 1.43. The van der Waals surface area contributed by atoms with E-state index in [0.29, 0.717) is 22.2 Å². The zero-order valence-electron chi connectivity index (χ0n) is 15.2. The van der Waals surface area contributed by atoms with Crippen LogP contribution < -0.4 is 16.2 Å². The first-order valence-electron chi connectivity index (χ1n) is 9.25. The molecule has 1 saturated carbocycles. The van der Waals surface area contributed by atoms with Crippen LogP contribution in [0.5, 0.6) is 0 Å². The van der Waals surface area contributed by atoms with Crippen molar-refractivity contribution in [2.75, 3.05) is 5.32 Å². The third-order valence-corrected chi connectivity index (χ3v) is 4.63. The number of anilines is 1. The number of rotatable bonds is 6. The molecule has 3 aromatic rings. The predicted molar refractivity (Wildman–Crippen MR) is 106 cm³/mol. The number of nitrogens with one attached hydrogen (secondary N) is 2. The van der Waals surface area contributed by atoms with Crippen molar-refractivity contribution in [2.24, 2.45) is 0 Å². The van der Waals surface area contributed by atoms with E-state index in [1.54, 1.807) is 42.5 Å². The molecule has 2 N–H and O–H groups in total. The Bertz CT molecular complexity index is 1100. The van der Waals surface area contributed by atoms with Gasteiger partial charge < -0.3 is 10.6 Å². The van der Waals surface area contributed by atoms with Crippen molar-refractivity contribution in [1.82, 2.24) is 14.9 Å². The molecule has 2 amide bonds. The number of aromatic nitrogens is 2. The minimum Gasteiger partial charge on any atom is -0.349 e. The van der Waals surface area contributed by atoms with Gasteiger partial charge in [-0.15, -0.1) is 0 Å². The van der Waals surface area contributed by atoms with E-state index in [1.807, 2.05) is 6.07 Å². The quantitative estimate of drug-likeness (QED) is 0.690. The van der Waals surface area contributed by atoms with Crippen molar-refractivity contribution in [2.45, 2.75) is 31.8 Å². The lowest BCUT2D eigenvalue weighted by molar-refractivity contribution is -0.116. The van der Waals surface area contributed by atoms with Gasteiger partial charge in [0.05, 0.1) is 17.2 Å². The highest BCUT2D eigenvalue weighted by Gasteiger charge is 2.23. The number of carbonyl (C=O) groups is 2. The van der Waals surface area contributed by atoms with Gasteiger partial charge in [0.25, 0.3) is 11.5 Å². The van der Waals surface area contributed by atoms with Crippen molar-refractivity contribution < 1.29 is 9.59 Å². The van der Waals surface area contributed by atoms with Gasteiger partial charge in [-0.05, 0) is 43.2 Å². The molecule has 28 heavy (non-hydrogen) atoms. The molecule has 1 aliphatic carbocycles. The first kappa shape index (κ1) is 17.9. The molecule has 7 heteroatoms. The van der Waals surface area contributed by atoms with Gasteiger partial charge in [0.15, 0.2) is 0 Å². The molecule has 7 nitrogen and oxygen atoms in total. The average molecular weight is 376 g/mol. The number of nitrogens with zero attached hydrogens (tertiary/aromatic N) is 2. The molecule has 0 spiro atoms. The van der Waals surface area contributed by atoms with E-state index in [4.69, 9.17) is 0 Å². The van der Waals surface area contributed by atoms with E-state index in [1.165, 1.54) is 10.9 Å². The summed E-state index contributed by atoms with van der Waals surface area (Å²) in [5.74, 6) is -0.368. The summed E-state index contributed by atoms with van der Waals surface area (Å²) in [5, 5.41) is 6.23. The second kappa shape index (κ2) is 7.64. The van der Waals surface area contributed by atoms with Crippen molar-refractivity contribution >= 4 is 28.4 Å². The zero-order chi connectivity index (χ0) is 19.5. The van der Waals surface area contributed by atoms with E-state index in [9.17, 15) is 14.4 Å². The largest absolute Gasteiger partial charge is 0.349 e. The summed E-state index contributed by atoms with van der Waals surface area (Å²) >= 11 is 0. The van der Waals surface area contributed by atoms with Crippen LogP contribution in [0.25, 0.3) is 10.9 Å². The van der Waals surface area contributed by atoms with Gasteiger partial charge in [0.2, 0.25) is 5.91 Å². The van der Waals surface area contributed by atoms with Crippen molar-refractivity contribution in [3.05, 3.63) is 70.8 Å². The summed E-state index contributed by atoms with van der Waals surface area (Å²) in [5.41, 5.74) is 1.53. The normalized spacial score (nSPS) is 13.3. The van der Waals surface area contributed by atoms with Crippen LogP contribution in [-0.2, 0) is 11.3 Å². The predicted octanol–water partition coefficient (Wildman–Crippen LogP) is 2.32. The molecule has 0 unspecified atom stereocenters. The summed E-state index contributed by atoms with van der Waals surface area (Å²) in [6.45, 7) is 0.227. The number of aryl methyl sites for hydroxylation is 1. The molecule has 2 aromatic carbocycles. The fourth-order valence-electron chi connectivity index (χ4n) is 2.95. The Hall–Kier alpha value is -3.48. The van der Waals surface area contributed by atoms with Crippen LogP contribution in [0.15, 0.2) is 59.7 Å². The van der Waals surface area contributed by atoms with Crippen LogP contribution in [0, 0.1) is 0 Å². The highest BCUT2D eigenvalue weighted by atomic mass is 16.2. The smallest absolute Gasteiger partial charge is 0.261 e. The third-order valence-electron chi connectivity index (χ3n) is 4.63. The molecular formula is C21H20N4O3. The molecule has 0 bridgehead atoms. The monoisotopic (exact) mass is 376 g/mol. The Morgan fingerprint density at radius 3 is 2.75 bits per heavy atom. The standard InChI is InChI=1S/C21H20N4O3/c26-19(10-11-25-13-22-18-7-2-1-6-17(18)21(25)28)23-16-5-3-4-14(12-16)20(27)24-15-8-9-15/h1-7,12-13,15H,8-11H2,(H,23,26)(H,24,27). The number of carbonyl (C=O) groups excluding carboxylic acids is 2. The Morgan fingerprint density at radius 2 is 1.93 bits per heavy atom. The lowest BCUT2D eigenvalue weighted by Crippen LogP contribution is -2.25. The minimum absolute atomic E-state index is 0.123. The van der Waals surface area contributed by atoms with Crippen LogP contribution >= 0.6 is 0 Å². The van der Waals surface area contributed by atoms with Crippen LogP contribution in [-0.4, -0.2) is 27.4 Å². The van der Waals surface area contributed by atoms with E-state index in [-0.39, 0.29) is 36.4 Å². The topological polar surface area (TPSA) is 93.1 Å². The lowest BCUT2D eigenvalue weighted by atomic mass is 10.2. The number of para-hydroxylation sites is 1. The van der Waals surface area contributed by atoms with Crippen LogP contribution in [0.2, 0.25) is 0 Å². The third kappa shape index (κ3) is 4.09. The maximum atomic E-state index is 12.5. The zero-order valence-corrected chi connectivity index (χ0v) is 15.2. The summed E-state index contributed by atoms with van der Waals surface area (Å²) in [6.07, 6.45) is 3.62. The molecule has 0 radical (unpaired) electrons. The molecule has 1 heterocycles. The summed E-state index contributed by atoms with van der Waals surface area (Å²) in [4.78, 5) is 41.1. The van der Waals surface area contributed by atoms with E-state index in [0.717, 1.165) is 12.8 Å². The van der Waals surface area contributed by atoms with Gasteiger partial charge in [-0.25, -0.2) is 4.98 Å². The van der Waals surface area contributed by atoms with E-state index >= 15 is 0 Å². The van der Waals surface area contributed by atoms with Gasteiger partial charge in [-0.2, -0.15) is 0 Å². The Kier molecular flexibility index (Phi) is 4.89. The molecule has 1 fully saturated rings. The Labute approximate surface area is 161 Å². The number of amides is 2. The van der Waals surface area contributed by atoms with Crippen molar-refractivity contribution in [3.8, 4) is 0 Å². The average Bonchev–Trinajstić information content (AvgIpc) is 3.52. The first-order valence-corrected chi connectivity index (χ1v) is 9.25. The van der Waals surface area contributed by atoms with Gasteiger partial charge >= 0.3 is 0 Å². The van der Waals surface area contributed by atoms with Gasteiger partial charge in [-0.3, -0.25) is 19.0 Å². The van der Waals surface area contributed by atoms with Crippen LogP contribution in [0.4, 0.5) is 5.69 Å². The number of hydrogen-bond donors (Lipinski definition) is 2. The minimum atomic E-state index is -0.236. The van der Waals surface area contributed by atoms with E-state index in [2.05, 4.69) is 15.6 Å².